The highest BCUT2D eigenvalue weighted by atomic mass is 79.9. The molecule has 0 aliphatic rings. The Morgan fingerprint density at radius 3 is 0.958 bits per heavy atom. The third-order valence-corrected chi connectivity index (χ3v) is 8.72. The van der Waals surface area contributed by atoms with Crippen LogP contribution in [0.3, 0.4) is 0 Å². The summed E-state index contributed by atoms with van der Waals surface area (Å²) in [6, 6.07) is 0. The largest absolute Gasteiger partial charge is 0.507 e. The quantitative estimate of drug-likeness (QED) is 0.401. The average molecular weight is 586 g/mol. The van der Waals surface area contributed by atoms with Gasteiger partial charge in [-0.25, -0.2) is 0 Å². The van der Waals surface area contributed by atoms with Gasteiger partial charge < -0.3 is 10.2 Å². The number of rotatable bonds is 3. The van der Waals surface area contributed by atoms with E-state index in [0.29, 0.717) is 11.5 Å². The lowest BCUT2D eigenvalue weighted by molar-refractivity contribution is 0.464. The number of halogens is 4. The van der Waals surface area contributed by atoms with Gasteiger partial charge in [0.1, 0.15) is 11.5 Å². The molecule has 0 amide bonds. The molecule has 0 spiro atoms. The lowest BCUT2D eigenvalue weighted by atomic mass is 9.97. The van der Waals surface area contributed by atoms with E-state index in [1.807, 2.05) is 27.7 Å². The van der Waals surface area contributed by atoms with Crippen LogP contribution < -0.4 is 0 Å². The van der Waals surface area contributed by atoms with E-state index in [-0.39, 0.29) is 0 Å². The normalized spacial score (nSPS) is 11.2. The summed E-state index contributed by atoms with van der Waals surface area (Å²) in [5.41, 5.74) is 5.66. The zero-order chi connectivity index (χ0) is 18.3. The molecular weight excluding hydrogens is 568 g/mol. The van der Waals surface area contributed by atoms with Gasteiger partial charge in [0, 0.05) is 40.1 Å². The number of hydrogen-bond acceptors (Lipinski definition) is 2. The van der Waals surface area contributed by atoms with Crippen LogP contribution in [-0.2, 0) is 12.8 Å². The van der Waals surface area contributed by atoms with Crippen molar-refractivity contribution >= 4 is 63.7 Å². The van der Waals surface area contributed by atoms with Gasteiger partial charge in [-0.2, -0.15) is 0 Å². The Morgan fingerprint density at radius 2 is 0.750 bits per heavy atom. The van der Waals surface area contributed by atoms with Gasteiger partial charge >= 0.3 is 0 Å². The van der Waals surface area contributed by atoms with Crippen LogP contribution in [0, 0.1) is 27.7 Å². The van der Waals surface area contributed by atoms with E-state index < -0.39 is 0 Å². The molecule has 2 rings (SSSR count). The van der Waals surface area contributed by atoms with Crippen molar-refractivity contribution in [3.05, 3.63) is 51.3 Å². The topological polar surface area (TPSA) is 40.5 Å². The Labute approximate surface area is 176 Å². The molecule has 2 aromatic rings. The minimum atomic E-state index is 0.316. The van der Waals surface area contributed by atoms with Crippen LogP contribution in [0.4, 0.5) is 0 Å². The number of benzene rings is 2. The highest BCUT2D eigenvalue weighted by Crippen LogP contribution is 2.42. The third-order valence-electron chi connectivity index (χ3n) is 4.42. The van der Waals surface area contributed by atoms with Crippen molar-refractivity contribution in [3.63, 3.8) is 0 Å². The van der Waals surface area contributed by atoms with E-state index >= 15 is 0 Å². The standard InChI is InChI=1S/C18H18Br4O2/c1-7-13(19)11(14(20)8(2)17(7)23)5-6-12-15(21)9(3)18(24)10(4)16(12)22/h23-24H,5-6H2,1-4H3. The molecule has 6 heteroatoms. The van der Waals surface area contributed by atoms with E-state index in [9.17, 15) is 10.2 Å². The molecule has 0 fully saturated rings. The molecule has 2 aromatic carbocycles. The van der Waals surface area contributed by atoms with Crippen LogP contribution in [0.5, 0.6) is 11.5 Å². The molecule has 0 atom stereocenters. The molecule has 2 nitrogen and oxygen atoms in total. The Balaban J connectivity index is 2.48. The first-order valence-electron chi connectivity index (χ1n) is 7.41. The second-order valence-electron chi connectivity index (χ2n) is 5.91. The predicted molar refractivity (Wildman–Crippen MR) is 113 cm³/mol. The van der Waals surface area contributed by atoms with Gasteiger partial charge in [0.25, 0.3) is 0 Å². The Bertz CT molecular complexity index is 701. The Hall–Kier alpha value is -0.0400. The summed E-state index contributed by atoms with van der Waals surface area (Å²) in [7, 11) is 0. The number of phenolic OH excluding ortho intramolecular Hbond substituents is 2. The third kappa shape index (κ3) is 3.44. The predicted octanol–water partition coefficient (Wildman–Crippen LogP) is 7.17. The van der Waals surface area contributed by atoms with E-state index in [4.69, 9.17) is 0 Å². The number of hydrogen-bond donors (Lipinski definition) is 2. The molecule has 0 bridgehead atoms. The van der Waals surface area contributed by atoms with Crippen molar-refractivity contribution in [2.24, 2.45) is 0 Å². The van der Waals surface area contributed by atoms with Crippen molar-refractivity contribution in [2.45, 2.75) is 40.5 Å². The lowest BCUT2D eigenvalue weighted by Crippen LogP contribution is -2.01. The summed E-state index contributed by atoms with van der Waals surface area (Å²) >= 11 is 14.5. The summed E-state index contributed by atoms with van der Waals surface area (Å²) < 4.78 is 3.71. The zero-order valence-corrected chi connectivity index (χ0v) is 20.2. The van der Waals surface area contributed by atoms with Crippen molar-refractivity contribution in [2.75, 3.05) is 0 Å². The fourth-order valence-corrected chi connectivity index (χ4v) is 5.63. The summed E-state index contributed by atoms with van der Waals surface area (Å²) in [6.07, 6.45) is 1.59. The van der Waals surface area contributed by atoms with Gasteiger partial charge in [0.05, 0.1) is 0 Å². The fraction of sp³-hybridized carbons (Fsp3) is 0.333. The number of phenols is 2. The molecule has 0 unspecified atom stereocenters. The summed E-state index contributed by atoms with van der Waals surface area (Å²) in [5, 5.41) is 20.3. The van der Waals surface area contributed by atoms with Crippen molar-refractivity contribution in [3.8, 4) is 11.5 Å². The maximum atomic E-state index is 10.2. The molecule has 2 N–H and O–H groups in total. The van der Waals surface area contributed by atoms with Crippen LogP contribution in [0.2, 0.25) is 0 Å². The average Bonchev–Trinajstić information content (AvgIpc) is 2.57. The Kier molecular flexibility index (Phi) is 6.49. The fourth-order valence-electron chi connectivity index (χ4n) is 2.77. The molecular formula is C18H18Br4O2. The first-order valence-corrected chi connectivity index (χ1v) is 10.6. The van der Waals surface area contributed by atoms with Gasteiger partial charge in [-0.1, -0.05) is 63.7 Å². The summed E-state index contributed by atoms with van der Waals surface area (Å²) in [6.45, 7) is 7.62. The minimum Gasteiger partial charge on any atom is -0.507 e. The zero-order valence-electron chi connectivity index (χ0n) is 13.8. The smallest absolute Gasteiger partial charge is 0.123 e. The highest BCUT2D eigenvalue weighted by Gasteiger charge is 2.19. The first kappa shape index (κ1) is 20.3. The monoisotopic (exact) mass is 582 g/mol. The van der Waals surface area contributed by atoms with Crippen molar-refractivity contribution in [1.82, 2.24) is 0 Å². The van der Waals surface area contributed by atoms with Crippen LogP contribution in [0.25, 0.3) is 0 Å². The van der Waals surface area contributed by atoms with Crippen LogP contribution in [0.15, 0.2) is 17.9 Å². The second-order valence-corrected chi connectivity index (χ2v) is 9.08. The maximum absolute atomic E-state index is 10.2. The highest BCUT2D eigenvalue weighted by molar-refractivity contribution is 9.11. The Morgan fingerprint density at radius 1 is 0.542 bits per heavy atom. The van der Waals surface area contributed by atoms with E-state index in [1.54, 1.807) is 0 Å². The minimum absolute atomic E-state index is 0.316. The maximum Gasteiger partial charge on any atom is 0.123 e. The molecule has 130 valence electrons. The van der Waals surface area contributed by atoms with Gasteiger partial charge in [-0.15, -0.1) is 0 Å². The SMILES string of the molecule is Cc1c(O)c(C)c(Br)c(CCc2c(Br)c(C)c(O)c(C)c2Br)c1Br. The molecule has 0 aliphatic carbocycles. The number of aromatic hydroxyl groups is 2. The lowest BCUT2D eigenvalue weighted by Gasteiger charge is -2.18. The van der Waals surface area contributed by atoms with Crippen LogP contribution in [-0.4, -0.2) is 10.2 Å². The molecule has 0 aliphatic heterocycles. The van der Waals surface area contributed by atoms with E-state index in [0.717, 1.165) is 64.1 Å². The van der Waals surface area contributed by atoms with Crippen molar-refractivity contribution in [1.29, 1.82) is 0 Å². The molecule has 0 aromatic heterocycles. The van der Waals surface area contributed by atoms with Crippen molar-refractivity contribution < 1.29 is 10.2 Å². The van der Waals surface area contributed by atoms with E-state index in [1.165, 1.54) is 0 Å². The molecule has 0 heterocycles. The van der Waals surface area contributed by atoms with Crippen LogP contribution in [0.1, 0.15) is 33.4 Å². The van der Waals surface area contributed by atoms with Gasteiger partial charge in [0.15, 0.2) is 0 Å². The van der Waals surface area contributed by atoms with Crippen LogP contribution >= 0.6 is 63.7 Å². The van der Waals surface area contributed by atoms with Gasteiger partial charge in [-0.05, 0) is 51.7 Å². The molecule has 0 saturated heterocycles. The molecule has 0 saturated carbocycles. The summed E-state index contributed by atoms with van der Waals surface area (Å²) in [5.74, 6) is 0.632. The van der Waals surface area contributed by atoms with Gasteiger partial charge in [0.2, 0.25) is 0 Å². The van der Waals surface area contributed by atoms with E-state index in [2.05, 4.69) is 63.7 Å². The summed E-state index contributed by atoms with van der Waals surface area (Å²) in [4.78, 5) is 0. The molecule has 24 heavy (non-hydrogen) atoms. The molecule has 0 radical (unpaired) electrons. The first-order chi connectivity index (χ1) is 11.1. The van der Waals surface area contributed by atoms with Gasteiger partial charge in [-0.3, -0.25) is 0 Å². The second kappa shape index (κ2) is 7.68.